The van der Waals surface area contributed by atoms with Crippen molar-refractivity contribution in [2.45, 2.75) is 32.2 Å². The molecule has 0 radical (unpaired) electrons. The Labute approximate surface area is 113 Å². The number of carbonyl (C=O) groups excluding carboxylic acids is 1. The minimum absolute atomic E-state index is 0.0879. The SMILES string of the molecule is CC1(C(=O)OCCOc2ccccc2)CCCC1N. The fourth-order valence-corrected chi connectivity index (χ4v) is 2.42. The van der Waals surface area contributed by atoms with Crippen molar-refractivity contribution in [2.24, 2.45) is 11.1 Å². The summed E-state index contributed by atoms with van der Waals surface area (Å²) in [6.07, 6.45) is 2.70. The van der Waals surface area contributed by atoms with E-state index in [-0.39, 0.29) is 18.6 Å². The third-order valence-electron chi connectivity index (χ3n) is 3.82. The van der Waals surface area contributed by atoms with E-state index in [9.17, 15) is 4.79 Å². The number of nitrogens with two attached hydrogens (primary N) is 1. The summed E-state index contributed by atoms with van der Waals surface area (Å²) in [5.41, 5.74) is 5.46. The molecule has 1 aromatic rings. The summed E-state index contributed by atoms with van der Waals surface area (Å²) >= 11 is 0. The van der Waals surface area contributed by atoms with Crippen LogP contribution >= 0.6 is 0 Å². The molecular formula is C15H21NO3. The summed E-state index contributed by atoms with van der Waals surface area (Å²) < 4.78 is 10.7. The lowest BCUT2D eigenvalue weighted by atomic mass is 9.85. The first kappa shape index (κ1) is 13.9. The molecule has 0 amide bonds. The molecule has 2 atom stereocenters. The van der Waals surface area contributed by atoms with Crippen LogP contribution in [0.1, 0.15) is 26.2 Å². The predicted octanol–water partition coefficient (Wildman–Crippen LogP) is 2.13. The van der Waals surface area contributed by atoms with Crippen molar-refractivity contribution in [1.29, 1.82) is 0 Å². The Kier molecular flexibility index (Phi) is 4.43. The predicted molar refractivity (Wildman–Crippen MR) is 72.8 cm³/mol. The number of para-hydroxylation sites is 1. The van der Waals surface area contributed by atoms with Crippen LogP contribution in [0.2, 0.25) is 0 Å². The third kappa shape index (κ3) is 3.26. The van der Waals surface area contributed by atoms with E-state index in [4.69, 9.17) is 15.2 Å². The van der Waals surface area contributed by atoms with Crippen LogP contribution in [0, 0.1) is 5.41 Å². The average Bonchev–Trinajstić information content (AvgIpc) is 2.77. The van der Waals surface area contributed by atoms with Crippen molar-refractivity contribution < 1.29 is 14.3 Å². The van der Waals surface area contributed by atoms with Crippen LogP contribution in [0.5, 0.6) is 5.75 Å². The van der Waals surface area contributed by atoms with Crippen molar-refractivity contribution in [1.82, 2.24) is 0 Å². The van der Waals surface area contributed by atoms with Gasteiger partial charge in [0.2, 0.25) is 0 Å². The molecule has 2 rings (SSSR count). The first-order valence-corrected chi connectivity index (χ1v) is 6.73. The van der Waals surface area contributed by atoms with Gasteiger partial charge < -0.3 is 15.2 Å². The Bertz CT molecular complexity index is 421. The van der Waals surface area contributed by atoms with E-state index >= 15 is 0 Å². The van der Waals surface area contributed by atoms with Crippen LogP contribution in [0.15, 0.2) is 30.3 Å². The first-order valence-electron chi connectivity index (χ1n) is 6.73. The molecule has 0 bridgehead atoms. The lowest BCUT2D eigenvalue weighted by Crippen LogP contribution is -2.42. The highest BCUT2D eigenvalue weighted by Crippen LogP contribution is 2.37. The van der Waals surface area contributed by atoms with Crippen LogP contribution in [-0.2, 0) is 9.53 Å². The zero-order valence-electron chi connectivity index (χ0n) is 11.3. The van der Waals surface area contributed by atoms with Gasteiger partial charge in [-0.1, -0.05) is 24.6 Å². The van der Waals surface area contributed by atoms with Crippen LogP contribution in [0.25, 0.3) is 0 Å². The van der Waals surface area contributed by atoms with Gasteiger partial charge in [0.1, 0.15) is 19.0 Å². The minimum Gasteiger partial charge on any atom is -0.490 e. The van der Waals surface area contributed by atoms with Crippen LogP contribution in [-0.4, -0.2) is 25.2 Å². The van der Waals surface area contributed by atoms with Gasteiger partial charge in [-0.25, -0.2) is 0 Å². The minimum atomic E-state index is -0.521. The van der Waals surface area contributed by atoms with Gasteiger partial charge in [0, 0.05) is 6.04 Å². The highest BCUT2D eigenvalue weighted by Gasteiger charge is 2.44. The summed E-state index contributed by atoms with van der Waals surface area (Å²) in [6.45, 7) is 2.52. The van der Waals surface area contributed by atoms with Crippen LogP contribution < -0.4 is 10.5 Å². The zero-order valence-corrected chi connectivity index (χ0v) is 11.3. The monoisotopic (exact) mass is 263 g/mol. The summed E-state index contributed by atoms with van der Waals surface area (Å²) in [5, 5.41) is 0. The summed E-state index contributed by atoms with van der Waals surface area (Å²) in [5.74, 6) is 0.580. The molecule has 1 saturated carbocycles. The molecular weight excluding hydrogens is 242 g/mol. The van der Waals surface area contributed by atoms with E-state index in [1.807, 2.05) is 37.3 Å². The average molecular weight is 263 g/mol. The van der Waals surface area contributed by atoms with Crippen molar-refractivity contribution >= 4 is 5.97 Å². The molecule has 0 aliphatic heterocycles. The molecule has 2 N–H and O–H groups in total. The summed E-state index contributed by atoms with van der Waals surface area (Å²) in [4.78, 5) is 12.0. The fraction of sp³-hybridized carbons (Fsp3) is 0.533. The Morgan fingerprint density at radius 1 is 1.37 bits per heavy atom. The Hall–Kier alpha value is -1.55. The summed E-state index contributed by atoms with van der Waals surface area (Å²) in [7, 11) is 0. The molecule has 1 aliphatic rings. The maximum atomic E-state index is 12.0. The molecule has 0 saturated heterocycles. The van der Waals surface area contributed by atoms with Gasteiger partial charge >= 0.3 is 5.97 Å². The van der Waals surface area contributed by atoms with Gasteiger partial charge in [-0.05, 0) is 31.9 Å². The normalized spacial score (nSPS) is 26.1. The number of esters is 1. The molecule has 19 heavy (non-hydrogen) atoms. The van der Waals surface area contributed by atoms with Crippen molar-refractivity contribution in [3.05, 3.63) is 30.3 Å². The first-order chi connectivity index (χ1) is 9.13. The second-order valence-corrected chi connectivity index (χ2v) is 5.21. The molecule has 1 aromatic carbocycles. The number of ether oxygens (including phenoxy) is 2. The Balaban J connectivity index is 1.73. The molecule has 0 heterocycles. The van der Waals surface area contributed by atoms with E-state index in [0.717, 1.165) is 25.0 Å². The molecule has 1 aliphatic carbocycles. The number of hydrogen-bond donors (Lipinski definition) is 1. The lowest BCUT2D eigenvalue weighted by Gasteiger charge is -2.26. The van der Waals surface area contributed by atoms with Crippen molar-refractivity contribution in [3.63, 3.8) is 0 Å². The Morgan fingerprint density at radius 3 is 2.74 bits per heavy atom. The largest absolute Gasteiger partial charge is 0.490 e. The Morgan fingerprint density at radius 2 is 2.11 bits per heavy atom. The fourth-order valence-electron chi connectivity index (χ4n) is 2.42. The highest BCUT2D eigenvalue weighted by atomic mass is 16.6. The van der Waals surface area contributed by atoms with Crippen molar-refractivity contribution in [3.8, 4) is 5.75 Å². The van der Waals surface area contributed by atoms with E-state index < -0.39 is 5.41 Å². The molecule has 4 nitrogen and oxygen atoms in total. The topological polar surface area (TPSA) is 61.5 Å². The second kappa shape index (κ2) is 6.06. The molecule has 0 spiro atoms. The van der Waals surface area contributed by atoms with Gasteiger partial charge in [-0.3, -0.25) is 4.79 Å². The lowest BCUT2D eigenvalue weighted by molar-refractivity contribution is -0.156. The van der Waals surface area contributed by atoms with Crippen LogP contribution in [0.3, 0.4) is 0 Å². The molecule has 104 valence electrons. The van der Waals surface area contributed by atoms with E-state index in [1.165, 1.54) is 0 Å². The number of carbonyl (C=O) groups is 1. The number of rotatable bonds is 5. The van der Waals surface area contributed by atoms with E-state index in [2.05, 4.69) is 0 Å². The highest BCUT2D eigenvalue weighted by molar-refractivity contribution is 5.77. The van der Waals surface area contributed by atoms with Gasteiger partial charge in [0.15, 0.2) is 0 Å². The molecule has 2 unspecified atom stereocenters. The number of hydrogen-bond acceptors (Lipinski definition) is 4. The van der Waals surface area contributed by atoms with Gasteiger partial charge in [0.25, 0.3) is 0 Å². The molecule has 0 aromatic heterocycles. The second-order valence-electron chi connectivity index (χ2n) is 5.21. The smallest absolute Gasteiger partial charge is 0.313 e. The maximum absolute atomic E-state index is 12.0. The quantitative estimate of drug-likeness (QED) is 0.653. The van der Waals surface area contributed by atoms with Gasteiger partial charge in [-0.2, -0.15) is 0 Å². The van der Waals surface area contributed by atoms with E-state index in [1.54, 1.807) is 0 Å². The van der Waals surface area contributed by atoms with Crippen molar-refractivity contribution in [2.75, 3.05) is 13.2 Å². The third-order valence-corrected chi connectivity index (χ3v) is 3.82. The van der Waals surface area contributed by atoms with Gasteiger partial charge in [0.05, 0.1) is 5.41 Å². The zero-order chi connectivity index (χ0) is 13.7. The summed E-state index contributed by atoms with van der Waals surface area (Å²) in [6, 6.07) is 9.39. The molecule has 1 fully saturated rings. The van der Waals surface area contributed by atoms with E-state index in [0.29, 0.717) is 6.61 Å². The van der Waals surface area contributed by atoms with Crippen LogP contribution in [0.4, 0.5) is 0 Å². The molecule has 4 heteroatoms. The standard InChI is InChI=1S/C15H21NO3/c1-15(9-5-8-13(15)16)14(17)19-11-10-18-12-6-3-2-4-7-12/h2-4,6-7,13H,5,8-11,16H2,1H3. The maximum Gasteiger partial charge on any atom is 0.313 e. The number of benzene rings is 1. The van der Waals surface area contributed by atoms with Gasteiger partial charge in [-0.15, -0.1) is 0 Å².